The third-order valence-electron chi connectivity index (χ3n) is 4.81. The number of carbonyl (C=O) groups excluding carboxylic acids is 2. The normalized spacial score (nSPS) is 14.5. The Labute approximate surface area is 200 Å². The topological polar surface area (TPSA) is 65.1 Å². The van der Waals surface area contributed by atoms with Crippen LogP contribution in [0, 0.1) is 0 Å². The number of nitrogens with zero attached hydrogens (tertiary/aromatic N) is 1. The molecule has 6 nitrogen and oxygen atoms in total. The number of thiocarbonyl (C=S) groups is 1. The molecule has 3 aromatic rings. The molecule has 4 rings (SSSR count). The monoisotopic (exact) mass is 477 g/mol. The van der Waals surface area contributed by atoms with Crippen LogP contribution in [0.1, 0.15) is 15.9 Å². The largest absolute Gasteiger partial charge is 0.497 e. The third-order valence-corrected chi connectivity index (χ3v) is 6.12. The molecule has 0 aromatic heterocycles. The van der Waals surface area contributed by atoms with Crippen LogP contribution in [0.3, 0.4) is 0 Å². The summed E-state index contributed by atoms with van der Waals surface area (Å²) in [6.07, 6.45) is 1.75. The fraction of sp³-hybridized carbons (Fsp3) is 0.0800. The summed E-state index contributed by atoms with van der Waals surface area (Å²) in [5, 5.41) is 0. The lowest BCUT2D eigenvalue weighted by atomic mass is 10.2. The maximum absolute atomic E-state index is 13.0. The van der Waals surface area contributed by atoms with E-state index in [0.717, 1.165) is 5.56 Å². The van der Waals surface area contributed by atoms with E-state index in [0.29, 0.717) is 37.7 Å². The highest BCUT2D eigenvalue weighted by molar-refractivity contribution is 8.27. The molecule has 0 saturated carbocycles. The highest BCUT2D eigenvalue weighted by Gasteiger charge is 2.34. The van der Waals surface area contributed by atoms with Crippen LogP contribution in [0.25, 0.3) is 6.08 Å². The average molecular weight is 478 g/mol. The molecule has 1 saturated heterocycles. The Balaban J connectivity index is 1.49. The van der Waals surface area contributed by atoms with Gasteiger partial charge in [0.05, 0.1) is 30.4 Å². The van der Waals surface area contributed by atoms with Gasteiger partial charge < -0.3 is 14.2 Å². The van der Waals surface area contributed by atoms with Gasteiger partial charge in [0.2, 0.25) is 0 Å². The first kappa shape index (κ1) is 22.6. The van der Waals surface area contributed by atoms with Gasteiger partial charge in [-0.25, -0.2) is 4.79 Å². The Bertz CT molecular complexity index is 1250. The zero-order valence-corrected chi connectivity index (χ0v) is 19.4. The van der Waals surface area contributed by atoms with E-state index in [1.165, 1.54) is 23.8 Å². The number of benzene rings is 3. The molecule has 0 N–H and O–H groups in total. The van der Waals surface area contributed by atoms with Crippen molar-refractivity contribution in [3.8, 4) is 17.2 Å². The minimum atomic E-state index is -0.487. The maximum atomic E-state index is 13.0. The zero-order valence-electron chi connectivity index (χ0n) is 17.8. The van der Waals surface area contributed by atoms with Gasteiger partial charge in [-0.2, -0.15) is 0 Å². The van der Waals surface area contributed by atoms with Gasteiger partial charge in [-0.1, -0.05) is 54.3 Å². The summed E-state index contributed by atoms with van der Waals surface area (Å²) >= 11 is 6.66. The first-order chi connectivity index (χ1) is 16.0. The second kappa shape index (κ2) is 9.89. The first-order valence-corrected chi connectivity index (χ1v) is 11.1. The molecular weight excluding hydrogens is 458 g/mol. The summed E-state index contributed by atoms with van der Waals surface area (Å²) < 4.78 is 16.4. The van der Waals surface area contributed by atoms with Crippen LogP contribution in [0.15, 0.2) is 77.7 Å². The van der Waals surface area contributed by atoms with Gasteiger partial charge in [-0.05, 0) is 54.1 Å². The second-order valence-electron chi connectivity index (χ2n) is 6.88. The number of anilines is 1. The molecule has 1 amide bonds. The molecule has 0 unspecified atom stereocenters. The fourth-order valence-corrected chi connectivity index (χ4v) is 4.47. The van der Waals surface area contributed by atoms with Crippen molar-refractivity contribution >= 4 is 51.9 Å². The summed E-state index contributed by atoms with van der Waals surface area (Å²) in [7, 11) is 3.09. The number of carbonyl (C=O) groups is 2. The maximum Gasteiger partial charge on any atom is 0.343 e. The predicted octanol–water partition coefficient (Wildman–Crippen LogP) is 5.33. The highest BCUT2D eigenvalue weighted by atomic mass is 32.2. The van der Waals surface area contributed by atoms with Crippen molar-refractivity contribution in [2.24, 2.45) is 0 Å². The van der Waals surface area contributed by atoms with Crippen LogP contribution in [0.2, 0.25) is 0 Å². The number of esters is 1. The van der Waals surface area contributed by atoms with Crippen LogP contribution in [-0.2, 0) is 4.79 Å². The van der Waals surface area contributed by atoms with Crippen LogP contribution in [0.5, 0.6) is 17.2 Å². The average Bonchev–Trinajstić information content (AvgIpc) is 3.12. The Hall–Kier alpha value is -3.62. The lowest BCUT2D eigenvalue weighted by Crippen LogP contribution is -2.27. The summed E-state index contributed by atoms with van der Waals surface area (Å²) in [6, 6.07) is 20.8. The van der Waals surface area contributed by atoms with Crippen molar-refractivity contribution in [3.63, 3.8) is 0 Å². The van der Waals surface area contributed by atoms with Gasteiger partial charge in [0.1, 0.15) is 17.2 Å². The lowest BCUT2D eigenvalue weighted by molar-refractivity contribution is -0.113. The van der Waals surface area contributed by atoms with Crippen LogP contribution in [0.4, 0.5) is 5.69 Å². The number of thioether (sulfide) groups is 1. The molecule has 1 fully saturated rings. The van der Waals surface area contributed by atoms with Gasteiger partial charge in [0.25, 0.3) is 5.91 Å². The fourth-order valence-electron chi connectivity index (χ4n) is 3.19. The number of amides is 1. The van der Waals surface area contributed by atoms with E-state index in [-0.39, 0.29) is 5.91 Å². The number of para-hydroxylation sites is 2. The number of rotatable bonds is 6. The summed E-state index contributed by atoms with van der Waals surface area (Å²) in [6.45, 7) is 0. The van der Waals surface area contributed by atoms with Crippen molar-refractivity contribution in [2.45, 2.75) is 0 Å². The molecule has 1 aliphatic heterocycles. The van der Waals surface area contributed by atoms with E-state index in [1.807, 2.05) is 12.1 Å². The van der Waals surface area contributed by atoms with Crippen molar-refractivity contribution in [1.29, 1.82) is 0 Å². The van der Waals surface area contributed by atoms with Gasteiger partial charge >= 0.3 is 5.97 Å². The van der Waals surface area contributed by atoms with E-state index in [9.17, 15) is 9.59 Å². The summed E-state index contributed by atoms with van der Waals surface area (Å²) in [5.41, 5.74) is 1.76. The van der Waals surface area contributed by atoms with E-state index in [1.54, 1.807) is 73.8 Å². The Morgan fingerprint density at radius 1 is 0.939 bits per heavy atom. The number of methoxy groups -OCH3 is 2. The smallest absolute Gasteiger partial charge is 0.343 e. The molecule has 33 heavy (non-hydrogen) atoms. The molecule has 8 heteroatoms. The Kier molecular flexibility index (Phi) is 6.76. The van der Waals surface area contributed by atoms with Gasteiger partial charge in [-0.3, -0.25) is 9.69 Å². The predicted molar refractivity (Wildman–Crippen MR) is 133 cm³/mol. The standard InChI is InChI=1S/C25H19NO5S2/c1-29-19-7-5-6-17(15-19)24(28)31-18-12-10-16(11-13-18)14-22-23(27)26(25(32)33-22)20-8-3-4-9-21(20)30-2/h3-15H,1-2H3. The number of hydrogen-bond acceptors (Lipinski definition) is 7. The molecule has 0 bridgehead atoms. The van der Waals surface area contributed by atoms with E-state index < -0.39 is 5.97 Å². The van der Waals surface area contributed by atoms with Crippen LogP contribution < -0.4 is 19.1 Å². The van der Waals surface area contributed by atoms with E-state index in [4.69, 9.17) is 26.4 Å². The van der Waals surface area contributed by atoms with Gasteiger partial charge in [0.15, 0.2) is 4.32 Å². The van der Waals surface area contributed by atoms with E-state index in [2.05, 4.69) is 0 Å². The molecule has 3 aromatic carbocycles. The number of ether oxygens (including phenoxy) is 3. The minimum absolute atomic E-state index is 0.219. The molecule has 0 aliphatic carbocycles. The van der Waals surface area contributed by atoms with Crippen molar-refractivity contribution in [3.05, 3.63) is 88.8 Å². The SMILES string of the molecule is COc1cccc(C(=O)Oc2ccc(C=C3SC(=S)N(c4ccccc4OC)C3=O)cc2)c1. The summed E-state index contributed by atoms with van der Waals surface area (Å²) in [4.78, 5) is 27.4. The third kappa shape index (κ3) is 4.92. The van der Waals surface area contributed by atoms with Gasteiger partial charge in [0, 0.05) is 0 Å². The summed E-state index contributed by atoms with van der Waals surface area (Å²) in [5.74, 6) is 0.825. The second-order valence-corrected chi connectivity index (χ2v) is 8.56. The van der Waals surface area contributed by atoms with Crippen molar-refractivity contribution in [1.82, 2.24) is 0 Å². The molecule has 0 radical (unpaired) electrons. The molecule has 0 spiro atoms. The Morgan fingerprint density at radius 2 is 1.70 bits per heavy atom. The molecule has 166 valence electrons. The van der Waals surface area contributed by atoms with Crippen LogP contribution >= 0.6 is 24.0 Å². The zero-order chi connectivity index (χ0) is 23.4. The quantitative estimate of drug-likeness (QED) is 0.206. The molecule has 1 aliphatic rings. The molecule has 1 heterocycles. The Morgan fingerprint density at radius 3 is 2.42 bits per heavy atom. The van der Waals surface area contributed by atoms with Crippen molar-refractivity contribution in [2.75, 3.05) is 19.1 Å². The van der Waals surface area contributed by atoms with Crippen molar-refractivity contribution < 1.29 is 23.8 Å². The van der Waals surface area contributed by atoms with Gasteiger partial charge in [-0.15, -0.1) is 0 Å². The molecular formula is C25H19NO5S2. The van der Waals surface area contributed by atoms with Crippen LogP contribution in [-0.4, -0.2) is 30.4 Å². The minimum Gasteiger partial charge on any atom is -0.497 e. The van der Waals surface area contributed by atoms with E-state index >= 15 is 0 Å². The molecule has 0 atom stereocenters. The number of hydrogen-bond donors (Lipinski definition) is 0. The first-order valence-electron chi connectivity index (χ1n) is 9.87. The highest BCUT2D eigenvalue weighted by Crippen LogP contribution is 2.39. The lowest BCUT2D eigenvalue weighted by Gasteiger charge is -2.17.